The van der Waals surface area contributed by atoms with Gasteiger partial charge in [0.2, 0.25) is 5.91 Å². The van der Waals surface area contributed by atoms with E-state index < -0.39 is 17.9 Å². The molecule has 0 saturated heterocycles. The number of aliphatic carboxylic acids is 2. The minimum atomic E-state index is -1.03. The highest BCUT2D eigenvalue weighted by Gasteiger charge is 2.22. The van der Waals surface area contributed by atoms with Crippen LogP contribution in [0.3, 0.4) is 0 Å². The number of hydrogen-bond donors (Lipinski definition) is 3. The van der Waals surface area contributed by atoms with Crippen molar-refractivity contribution in [2.24, 2.45) is 11.8 Å². The topological polar surface area (TPSA) is 138 Å². The summed E-state index contributed by atoms with van der Waals surface area (Å²) < 4.78 is 0. The van der Waals surface area contributed by atoms with E-state index >= 15 is 0 Å². The van der Waals surface area contributed by atoms with Crippen molar-refractivity contribution in [3.05, 3.63) is 0 Å². The smallest absolute Gasteiger partial charge is 0.306 e. The minimum Gasteiger partial charge on any atom is -0.481 e. The van der Waals surface area contributed by atoms with Crippen molar-refractivity contribution in [3.63, 3.8) is 0 Å². The Balaban J connectivity index is 3.85. The van der Waals surface area contributed by atoms with Crippen LogP contribution in [0, 0.1) is 11.8 Å². The predicted octanol–water partition coefficient (Wildman–Crippen LogP) is 7.26. The molecule has 40 heavy (non-hydrogen) atoms. The third-order valence-corrected chi connectivity index (χ3v) is 7.62. The Hall–Kier alpha value is -2.25. The van der Waals surface area contributed by atoms with Crippen LogP contribution in [0.2, 0.25) is 0 Å². The molecule has 1 amide bonds. The summed E-state index contributed by atoms with van der Waals surface area (Å²) in [5.74, 6) is -3.39. The SMILES string of the molecule is CCCCCCCCCCCCCCCC(=O)C[C@@H](CCC(=O)NCCCC[C@H](C)C(=O)CCC(=O)O)C(=O)O. The van der Waals surface area contributed by atoms with Crippen molar-refractivity contribution in [1.82, 2.24) is 5.32 Å². The molecule has 0 bridgehead atoms. The summed E-state index contributed by atoms with van der Waals surface area (Å²) in [6.07, 6.45) is 18.6. The lowest BCUT2D eigenvalue weighted by Crippen LogP contribution is -2.26. The summed E-state index contributed by atoms with van der Waals surface area (Å²) >= 11 is 0. The maximum atomic E-state index is 12.3. The Morgan fingerprint density at radius 3 is 1.70 bits per heavy atom. The van der Waals surface area contributed by atoms with Gasteiger partial charge in [0.1, 0.15) is 11.6 Å². The van der Waals surface area contributed by atoms with Crippen LogP contribution < -0.4 is 5.32 Å². The van der Waals surface area contributed by atoms with Gasteiger partial charge in [-0.25, -0.2) is 0 Å². The quantitative estimate of drug-likeness (QED) is 0.0808. The molecule has 3 N–H and O–H groups in total. The van der Waals surface area contributed by atoms with Crippen LogP contribution in [0.25, 0.3) is 0 Å². The van der Waals surface area contributed by atoms with Crippen LogP contribution in [0.1, 0.15) is 155 Å². The van der Waals surface area contributed by atoms with Gasteiger partial charge in [-0.2, -0.15) is 0 Å². The van der Waals surface area contributed by atoms with Crippen molar-refractivity contribution in [2.75, 3.05) is 6.54 Å². The molecule has 0 aromatic rings. The number of carbonyl (C=O) groups is 5. The van der Waals surface area contributed by atoms with Gasteiger partial charge in [-0.3, -0.25) is 24.0 Å². The van der Waals surface area contributed by atoms with Crippen LogP contribution in [-0.2, 0) is 24.0 Å². The fourth-order valence-electron chi connectivity index (χ4n) is 4.86. The van der Waals surface area contributed by atoms with Gasteiger partial charge in [-0.15, -0.1) is 0 Å². The van der Waals surface area contributed by atoms with Crippen LogP contribution in [0.5, 0.6) is 0 Å². The zero-order valence-electron chi connectivity index (χ0n) is 25.4. The molecular weight excluding hydrogens is 510 g/mol. The molecule has 0 aliphatic rings. The molecule has 2 atom stereocenters. The number of nitrogens with one attached hydrogen (secondary N) is 1. The lowest BCUT2D eigenvalue weighted by Gasteiger charge is -2.12. The average Bonchev–Trinajstić information content (AvgIpc) is 2.91. The summed E-state index contributed by atoms with van der Waals surface area (Å²) in [5.41, 5.74) is 0. The molecule has 0 heterocycles. The molecular formula is C32H57NO7. The van der Waals surface area contributed by atoms with E-state index in [0.29, 0.717) is 25.8 Å². The van der Waals surface area contributed by atoms with Crippen LogP contribution in [0.15, 0.2) is 0 Å². The van der Waals surface area contributed by atoms with Gasteiger partial charge < -0.3 is 15.5 Å². The van der Waals surface area contributed by atoms with Gasteiger partial charge in [-0.05, 0) is 25.7 Å². The molecule has 0 radical (unpaired) electrons. The Kier molecular flexibility index (Phi) is 24.3. The highest BCUT2D eigenvalue weighted by atomic mass is 16.4. The van der Waals surface area contributed by atoms with E-state index in [1.165, 1.54) is 64.2 Å². The maximum absolute atomic E-state index is 12.3. The standard InChI is InChI=1S/C32H57NO7/c1-3-4-5-6-7-8-9-10-11-12-13-14-15-19-28(34)25-27(32(39)40)20-22-30(36)33-24-17-16-18-26(2)29(35)21-23-31(37)38/h26-27H,3-25H2,1-2H3,(H,33,36)(H,37,38)(H,39,40)/t26-,27+/m0/s1. The number of carboxylic acid groups (broad SMARTS) is 2. The molecule has 232 valence electrons. The van der Waals surface area contributed by atoms with Crippen molar-refractivity contribution < 1.29 is 34.2 Å². The van der Waals surface area contributed by atoms with Crippen molar-refractivity contribution >= 4 is 29.4 Å². The number of unbranched alkanes of at least 4 members (excludes halogenated alkanes) is 13. The summed E-state index contributed by atoms with van der Waals surface area (Å²) in [6.45, 7) is 4.46. The monoisotopic (exact) mass is 567 g/mol. The Morgan fingerprint density at radius 1 is 0.625 bits per heavy atom. The van der Waals surface area contributed by atoms with E-state index in [-0.39, 0.29) is 55.5 Å². The highest BCUT2D eigenvalue weighted by molar-refractivity contribution is 5.85. The van der Waals surface area contributed by atoms with Crippen LogP contribution >= 0.6 is 0 Å². The van der Waals surface area contributed by atoms with Gasteiger partial charge in [0.25, 0.3) is 0 Å². The van der Waals surface area contributed by atoms with E-state index in [4.69, 9.17) is 5.11 Å². The molecule has 0 fully saturated rings. The lowest BCUT2D eigenvalue weighted by atomic mass is 9.94. The Labute approximate surface area is 242 Å². The summed E-state index contributed by atoms with van der Waals surface area (Å²) in [5, 5.41) is 20.9. The van der Waals surface area contributed by atoms with Crippen molar-refractivity contribution in [1.29, 1.82) is 0 Å². The van der Waals surface area contributed by atoms with E-state index in [1.807, 2.05) is 0 Å². The van der Waals surface area contributed by atoms with Gasteiger partial charge in [0.15, 0.2) is 0 Å². The second-order valence-corrected chi connectivity index (χ2v) is 11.4. The molecule has 0 rings (SSSR count). The first-order valence-corrected chi connectivity index (χ1v) is 15.9. The largest absolute Gasteiger partial charge is 0.481 e. The zero-order chi connectivity index (χ0) is 30.0. The molecule has 0 aromatic heterocycles. The Bertz CT molecular complexity index is 722. The molecule has 0 saturated carbocycles. The molecule has 0 spiro atoms. The van der Waals surface area contributed by atoms with Crippen LogP contribution in [0.4, 0.5) is 0 Å². The van der Waals surface area contributed by atoms with Crippen molar-refractivity contribution in [3.8, 4) is 0 Å². The van der Waals surface area contributed by atoms with Gasteiger partial charge in [0.05, 0.1) is 12.3 Å². The van der Waals surface area contributed by atoms with E-state index in [9.17, 15) is 29.1 Å². The normalized spacial score (nSPS) is 12.6. The third kappa shape index (κ3) is 23.6. The number of ketones is 2. The first-order chi connectivity index (χ1) is 19.2. The summed E-state index contributed by atoms with van der Waals surface area (Å²) in [4.78, 5) is 58.4. The summed E-state index contributed by atoms with van der Waals surface area (Å²) in [6, 6.07) is 0. The highest BCUT2D eigenvalue weighted by Crippen LogP contribution is 2.17. The zero-order valence-corrected chi connectivity index (χ0v) is 25.4. The van der Waals surface area contributed by atoms with Gasteiger partial charge in [-0.1, -0.05) is 97.3 Å². The fourth-order valence-corrected chi connectivity index (χ4v) is 4.86. The molecule has 0 unspecified atom stereocenters. The number of Topliss-reactive ketones (excluding diaryl/α,β-unsaturated/α-hetero) is 2. The number of hydrogen-bond acceptors (Lipinski definition) is 5. The van der Waals surface area contributed by atoms with Gasteiger partial charge >= 0.3 is 11.9 Å². The predicted molar refractivity (Wildman–Crippen MR) is 158 cm³/mol. The number of amides is 1. The molecule has 0 aliphatic carbocycles. The molecule has 8 heteroatoms. The molecule has 0 aromatic carbocycles. The first-order valence-electron chi connectivity index (χ1n) is 15.9. The van der Waals surface area contributed by atoms with E-state index in [1.54, 1.807) is 6.92 Å². The molecule has 8 nitrogen and oxygen atoms in total. The number of carbonyl (C=O) groups excluding carboxylic acids is 3. The number of rotatable bonds is 29. The van der Waals surface area contributed by atoms with E-state index in [0.717, 1.165) is 25.7 Å². The minimum absolute atomic E-state index is 0.0192. The lowest BCUT2D eigenvalue weighted by molar-refractivity contribution is -0.144. The Morgan fingerprint density at radius 2 is 1.18 bits per heavy atom. The van der Waals surface area contributed by atoms with Crippen LogP contribution in [-0.4, -0.2) is 46.2 Å². The average molecular weight is 568 g/mol. The molecule has 0 aliphatic heterocycles. The van der Waals surface area contributed by atoms with Gasteiger partial charge in [0, 0.05) is 38.1 Å². The van der Waals surface area contributed by atoms with E-state index in [2.05, 4.69) is 12.2 Å². The van der Waals surface area contributed by atoms with Crippen molar-refractivity contribution in [2.45, 2.75) is 155 Å². The fraction of sp³-hybridized carbons (Fsp3) is 0.844. The first kappa shape index (κ1) is 37.8. The third-order valence-electron chi connectivity index (χ3n) is 7.62. The number of carboxylic acids is 2. The summed E-state index contributed by atoms with van der Waals surface area (Å²) in [7, 11) is 0. The second kappa shape index (κ2) is 25.7. The second-order valence-electron chi connectivity index (χ2n) is 11.4. The maximum Gasteiger partial charge on any atom is 0.306 e.